The Bertz CT molecular complexity index is 99.2. The fraction of sp³-hybridized carbons (Fsp3) is 1.00. The minimum atomic E-state index is -0.565. The van der Waals surface area contributed by atoms with Gasteiger partial charge in [-0.15, -0.1) is 0 Å². The minimum absolute atomic E-state index is 0.0764. The first-order valence-corrected chi connectivity index (χ1v) is 4.36. The molecule has 2 atom stereocenters. The van der Waals surface area contributed by atoms with Gasteiger partial charge in [0.15, 0.2) is 0 Å². The molecule has 54 valence electrons. The van der Waals surface area contributed by atoms with Crippen LogP contribution >= 0.6 is 11.8 Å². The van der Waals surface area contributed by atoms with Crippen molar-refractivity contribution in [2.24, 2.45) is 5.73 Å². The first-order chi connectivity index (χ1) is 4.15. The summed E-state index contributed by atoms with van der Waals surface area (Å²) < 4.78 is 0. The van der Waals surface area contributed by atoms with E-state index in [9.17, 15) is 5.11 Å². The summed E-state index contributed by atoms with van der Waals surface area (Å²) in [4.78, 5) is 0. The molecular formula is C6H13NOS. The van der Waals surface area contributed by atoms with Gasteiger partial charge >= 0.3 is 0 Å². The Balaban J connectivity index is 2.51. The van der Waals surface area contributed by atoms with Crippen LogP contribution in [0.4, 0.5) is 0 Å². The van der Waals surface area contributed by atoms with Crippen molar-refractivity contribution in [3.05, 3.63) is 0 Å². The van der Waals surface area contributed by atoms with E-state index < -0.39 is 5.60 Å². The van der Waals surface area contributed by atoms with Crippen LogP contribution in [0.25, 0.3) is 0 Å². The first-order valence-electron chi connectivity index (χ1n) is 3.21. The standard InChI is InChI=1S/C6H13NOS/c1-5(7)6(8)2-3-9-4-6/h5,8H,2-4,7H2,1H3. The van der Waals surface area contributed by atoms with Gasteiger partial charge in [-0.3, -0.25) is 0 Å². The molecule has 0 radical (unpaired) electrons. The molecule has 1 aliphatic rings. The Labute approximate surface area is 59.8 Å². The van der Waals surface area contributed by atoms with Crippen LogP contribution in [-0.2, 0) is 0 Å². The molecule has 0 aromatic carbocycles. The predicted molar refractivity (Wildman–Crippen MR) is 40.5 cm³/mol. The Hall–Kier alpha value is 0.270. The summed E-state index contributed by atoms with van der Waals surface area (Å²) in [6, 6.07) is -0.0764. The maximum atomic E-state index is 9.62. The largest absolute Gasteiger partial charge is 0.387 e. The first kappa shape index (κ1) is 7.38. The van der Waals surface area contributed by atoms with Crippen molar-refractivity contribution in [3.8, 4) is 0 Å². The van der Waals surface area contributed by atoms with E-state index in [1.165, 1.54) is 0 Å². The molecule has 1 heterocycles. The fourth-order valence-electron chi connectivity index (χ4n) is 0.929. The van der Waals surface area contributed by atoms with Crippen molar-refractivity contribution in [1.82, 2.24) is 0 Å². The molecule has 9 heavy (non-hydrogen) atoms. The Morgan fingerprint density at radius 1 is 1.78 bits per heavy atom. The molecule has 2 nitrogen and oxygen atoms in total. The molecule has 1 fully saturated rings. The zero-order valence-corrected chi connectivity index (χ0v) is 6.45. The third kappa shape index (κ3) is 1.39. The van der Waals surface area contributed by atoms with Crippen LogP contribution < -0.4 is 5.73 Å². The monoisotopic (exact) mass is 147 g/mol. The van der Waals surface area contributed by atoms with Crippen LogP contribution in [0.15, 0.2) is 0 Å². The Morgan fingerprint density at radius 2 is 2.44 bits per heavy atom. The highest BCUT2D eigenvalue weighted by atomic mass is 32.2. The van der Waals surface area contributed by atoms with Crippen molar-refractivity contribution in [3.63, 3.8) is 0 Å². The second-order valence-electron chi connectivity index (χ2n) is 2.69. The van der Waals surface area contributed by atoms with Crippen LogP contribution in [0.1, 0.15) is 13.3 Å². The number of aliphatic hydroxyl groups is 1. The summed E-state index contributed by atoms with van der Waals surface area (Å²) in [5.74, 6) is 1.86. The van der Waals surface area contributed by atoms with E-state index in [-0.39, 0.29) is 6.04 Å². The number of rotatable bonds is 1. The SMILES string of the molecule is CC(N)C1(O)CCSC1. The summed E-state index contributed by atoms with van der Waals surface area (Å²) in [5, 5.41) is 9.62. The van der Waals surface area contributed by atoms with E-state index in [1.54, 1.807) is 11.8 Å². The molecule has 0 saturated carbocycles. The number of thioether (sulfide) groups is 1. The third-order valence-electron chi connectivity index (χ3n) is 1.88. The molecule has 0 amide bonds. The van der Waals surface area contributed by atoms with Gasteiger partial charge in [0.2, 0.25) is 0 Å². The molecule has 0 bridgehead atoms. The van der Waals surface area contributed by atoms with Crippen molar-refractivity contribution in [2.75, 3.05) is 11.5 Å². The van der Waals surface area contributed by atoms with Crippen LogP contribution in [0.3, 0.4) is 0 Å². The van der Waals surface area contributed by atoms with Gasteiger partial charge in [-0.05, 0) is 19.1 Å². The summed E-state index contributed by atoms with van der Waals surface area (Å²) in [5.41, 5.74) is 5.00. The van der Waals surface area contributed by atoms with E-state index >= 15 is 0 Å². The summed E-state index contributed by atoms with van der Waals surface area (Å²) in [7, 11) is 0. The molecule has 1 rings (SSSR count). The molecule has 1 saturated heterocycles. The summed E-state index contributed by atoms with van der Waals surface area (Å²) in [6.45, 7) is 1.87. The molecular weight excluding hydrogens is 134 g/mol. The van der Waals surface area contributed by atoms with Gasteiger partial charge in [0.1, 0.15) is 0 Å². The van der Waals surface area contributed by atoms with E-state index in [4.69, 9.17) is 5.73 Å². The van der Waals surface area contributed by atoms with E-state index in [2.05, 4.69) is 0 Å². The van der Waals surface area contributed by atoms with Gasteiger partial charge in [0.05, 0.1) is 5.60 Å². The highest BCUT2D eigenvalue weighted by Gasteiger charge is 2.35. The van der Waals surface area contributed by atoms with Crippen molar-refractivity contribution in [2.45, 2.75) is 25.0 Å². The number of nitrogens with two attached hydrogens (primary N) is 1. The van der Waals surface area contributed by atoms with Crippen LogP contribution in [0.2, 0.25) is 0 Å². The van der Waals surface area contributed by atoms with E-state index in [0.29, 0.717) is 0 Å². The maximum absolute atomic E-state index is 9.62. The lowest BCUT2D eigenvalue weighted by Gasteiger charge is -2.25. The number of hydrogen-bond donors (Lipinski definition) is 2. The van der Waals surface area contributed by atoms with E-state index in [1.807, 2.05) is 6.92 Å². The molecule has 3 N–H and O–H groups in total. The average Bonchev–Trinajstić information content (AvgIpc) is 2.16. The Morgan fingerprint density at radius 3 is 2.67 bits per heavy atom. The van der Waals surface area contributed by atoms with Crippen molar-refractivity contribution >= 4 is 11.8 Å². The second-order valence-corrected chi connectivity index (χ2v) is 3.80. The smallest absolute Gasteiger partial charge is 0.0892 e. The van der Waals surface area contributed by atoms with Crippen LogP contribution in [0, 0.1) is 0 Å². The van der Waals surface area contributed by atoms with Gasteiger partial charge in [0.25, 0.3) is 0 Å². The average molecular weight is 147 g/mol. The molecule has 0 aliphatic carbocycles. The molecule has 1 aliphatic heterocycles. The molecule has 2 unspecified atom stereocenters. The third-order valence-corrected chi connectivity index (χ3v) is 3.08. The van der Waals surface area contributed by atoms with Crippen LogP contribution in [0.5, 0.6) is 0 Å². The zero-order chi connectivity index (χ0) is 6.91. The molecule has 0 aromatic rings. The highest BCUT2D eigenvalue weighted by molar-refractivity contribution is 7.99. The lowest BCUT2D eigenvalue weighted by atomic mass is 9.96. The Kier molecular flexibility index (Phi) is 2.03. The zero-order valence-electron chi connectivity index (χ0n) is 5.63. The number of hydrogen-bond acceptors (Lipinski definition) is 3. The molecule has 3 heteroatoms. The quantitative estimate of drug-likeness (QED) is 0.557. The predicted octanol–water partition coefficient (Wildman–Crippen LogP) is 0.202. The molecule has 0 aromatic heterocycles. The topological polar surface area (TPSA) is 46.2 Å². The lowest BCUT2D eigenvalue weighted by molar-refractivity contribution is 0.0465. The van der Waals surface area contributed by atoms with Gasteiger partial charge in [0, 0.05) is 11.8 Å². The van der Waals surface area contributed by atoms with Gasteiger partial charge in [-0.25, -0.2) is 0 Å². The van der Waals surface area contributed by atoms with Crippen LogP contribution in [-0.4, -0.2) is 28.3 Å². The van der Waals surface area contributed by atoms with Gasteiger partial charge in [-0.1, -0.05) is 0 Å². The van der Waals surface area contributed by atoms with Crippen molar-refractivity contribution in [1.29, 1.82) is 0 Å². The van der Waals surface area contributed by atoms with Gasteiger partial charge < -0.3 is 10.8 Å². The minimum Gasteiger partial charge on any atom is -0.387 e. The van der Waals surface area contributed by atoms with E-state index in [0.717, 1.165) is 17.9 Å². The second kappa shape index (κ2) is 2.48. The highest BCUT2D eigenvalue weighted by Crippen LogP contribution is 2.29. The summed E-state index contributed by atoms with van der Waals surface area (Å²) >= 11 is 1.78. The van der Waals surface area contributed by atoms with Crippen molar-refractivity contribution < 1.29 is 5.11 Å². The lowest BCUT2D eigenvalue weighted by Crippen LogP contribution is -2.45. The summed E-state index contributed by atoms with van der Waals surface area (Å²) in [6.07, 6.45) is 0.856. The normalized spacial score (nSPS) is 39.0. The fourth-order valence-corrected chi connectivity index (χ4v) is 2.33. The van der Waals surface area contributed by atoms with Gasteiger partial charge in [-0.2, -0.15) is 11.8 Å². The molecule has 0 spiro atoms. The maximum Gasteiger partial charge on any atom is 0.0892 e.